The van der Waals surface area contributed by atoms with E-state index in [1.807, 2.05) is 6.92 Å². The summed E-state index contributed by atoms with van der Waals surface area (Å²) >= 11 is 0. The second-order valence-electron chi connectivity index (χ2n) is 4.40. The quantitative estimate of drug-likeness (QED) is 0.577. The molecule has 0 aromatic heterocycles. The number of benzene rings is 1. The first-order valence-corrected chi connectivity index (χ1v) is 5.78. The summed E-state index contributed by atoms with van der Waals surface area (Å²) in [5.41, 5.74) is 2.62. The highest BCUT2D eigenvalue weighted by molar-refractivity contribution is 5.76. The lowest BCUT2D eigenvalue weighted by Crippen LogP contribution is -2.47. The Balaban J connectivity index is 2.01. The molecule has 0 radical (unpaired) electrons. The van der Waals surface area contributed by atoms with E-state index in [1.165, 1.54) is 11.3 Å². The summed E-state index contributed by atoms with van der Waals surface area (Å²) in [7, 11) is 0. The van der Waals surface area contributed by atoms with Gasteiger partial charge in [-0.25, -0.2) is 0 Å². The molecule has 1 fully saturated rings. The lowest BCUT2D eigenvalue weighted by molar-refractivity contribution is 0.382. The average molecular weight is 217 g/mol. The molecule has 1 heterocycles. The van der Waals surface area contributed by atoms with Crippen molar-refractivity contribution in [2.24, 2.45) is 0 Å². The lowest BCUT2D eigenvalue weighted by atomic mass is 10.2. The molecule has 0 spiro atoms. The largest absolute Gasteiger partial charge is 0.368 e. The minimum absolute atomic E-state index is 0.684. The van der Waals surface area contributed by atoms with Gasteiger partial charge in [0.05, 0.1) is 5.84 Å². The van der Waals surface area contributed by atoms with E-state index in [9.17, 15) is 0 Å². The third kappa shape index (κ3) is 2.35. The first kappa shape index (κ1) is 11.0. The van der Waals surface area contributed by atoms with Crippen LogP contribution in [-0.2, 0) is 0 Å². The van der Waals surface area contributed by atoms with Crippen LogP contribution in [0.1, 0.15) is 12.5 Å². The van der Waals surface area contributed by atoms with Gasteiger partial charge in [0, 0.05) is 31.9 Å². The van der Waals surface area contributed by atoms with Crippen molar-refractivity contribution >= 4 is 11.5 Å². The summed E-state index contributed by atoms with van der Waals surface area (Å²) in [6.45, 7) is 7.94. The van der Waals surface area contributed by atoms with E-state index < -0.39 is 0 Å². The number of nitrogens with one attached hydrogen (secondary N) is 1. The Morgan fingerprint density at radius 1 is 1.19 bits per heavy atom. The van der Waals surface area contributed by atoms with Crippen molar-refractivity contribution < 1.29 is 0 Å². The second kappa shape index (κ2) is 4.56. The van der Waals surface area contributed by atoms with E-state index in [0.717, 1.165) is 26.2 Å². The van der Waals surface area contributed by atoms with Gasteiger partial charge in [0.1, 0.15) is 0 Å². The maximum atomic E-state index is 7.60. The molecule has 1 aliphatic heterocycles. The van der Waals surface area contributed by atoms with Gasteiger partial charge in [0.2, 0.25) is 0 Å². The van der Waals surface area contributed by atoms with E-state index in [1.54, 1.807) is 0 Å². The third-order valence-electron chi connectivity index (χ3n) is 3.12. The molecule has 86 valence electrons. The summed E-state index contributed by atoms with van der Waals surface area (Å²) in [6.07, 6.45) is 0. The van der Waals surface area contributed by atoms with E-state index in [4.69, 9.17) is 5.41 Å². The number of amidine groups is 1. The molecule has 3 nitrogen and oxygen atoms in total. The fraction of sp³-hybridized carbons (Fsp3) is 0.462. The molecule has 1 aromatic rings. The van der Waals surface area contributed by atoms with Crippen molar-refractivity contribution in [2.45, 2.75) is 13.8 Å². The molecular weight excluding hydrogens is 198 g/mol. The Morgan fingerprint density at radius 3 is 2.44 bits per heavy atom. The topological polar surface area (TPSA) is 30.3 Å². The number of hydrogen-bond donors (Lipinski definition) is 1. The van der Waals surface area contributed by atoms with E-state index >= 15 is 0 Å². The fourth-order valence-corrected chi connectivity index (χ4v) is 2.12. The zero-order valence-electron chi connectivity index (χ0n) is 10.0. The number of nitrogens with zero attached hydrogens (tertiary/aromatic N) is 2. The zero-order valence-corrected chi connectivity index (χ0v) is 10.0. The number of rotatable bonds is 1. The molecular formula is C13H19N3. The Hall–Kier alpha value is -1.51. The standard InChI is InChI=1S/C13H19N3/c1-11-4-3-5-13(10-11)16-8-6-15(7-9-16)12(2)14/h3-5,10,14H,6-9H2,1-2H3. The van der Waals surface area contributed by atoms with Crippen molar-refractivity contribution in [3.63, 3.8) is 0 Å². The predicted molar refractivity (Wildman–Crippen MR) is 68.4 cm³/mol. The summed E-state index contributed by atoms with van der Waals surface area (Å²) in [5, 5.41) is 7.60. The van der Waals surface area contributed by atoms with Gasteiger partial charge in [0.25, 0.3) is 0 Å². The second-order valence-corrected chi connectivity index (χ2v) is 4.40. The summed E-state index contributed by atoms with van der Waals surface area (Å²) < 4.78 is 0. The smallest absolute Gasteiger partial charge is 0.0927 e. The van der Waals surface area contributed by atoms with Crippen LogP contribution in [-0.4, -0.2) is 36.9 Å². The minimum atomic E-state index is 0.684. The molecule has 1 saturated heterocycles. The van der Waals surface area contributed by atoms with Crippen molar-refractivity contribution in [3.8, 4) is 0 Å². The normalized spacial score (nSPS) is 16.4. The lowest BCUT2D eigenvalue weighted by Gasteiger charge is -2.36. The highest BCUT2D eigenvalue weighted by Crippen LogP contribution is 2.17. The van der Waals surface area contributed by atoms with E-state index in [2.05, 4.69) is 41.0 Å². The molecule has 0 atom stereocenters. The maximum absolute atomic E-state index is 7.60. The van der Waals surface area contributed by atoms with Crippen LogP contribution < -0.4 is 4.90 Å². The van der Waals surface area contributed by atoms with Crippen LogP contribution in [0.25, 0.3) is 0 Å². The van der Waals surface area contributed by atoms with E-state index in [-0.39, 0.29) is 0 Å². The number of anilines is 1. The molecule has 3 heteroatoms. The van der Waals surface area contributed by atoms with Crippen molar-refractivity contribution in [3.05, 3.63) is 29.8 Å². The maximum Gasteiger partial charge on any atom is 0.0927 e. The summed E-state index contributed by atoms with van der Waals surface area (Å²) in [4.78, 5) is 4.53. The van der Waals surface area contributed by atoms with E-state index in [0.29, 0.717) is 5.84 Å². The first-order valence-electron chi connectivity index (χ1n) is 5.78. The van der Waals surface area contributed by atoms with Gasteiger partial charge >= 0.3 is 0 Å². The molecule has 16 heavy (non-hydrogen) atoms. The average Bonchev–Trinajstić information content (AvgIpc) is 2.29. The highest BCUT2D eigenvalue weighted by Gasteiger charge is 2.16. The number of hydrogen-bond acceptors (Lipinski definition) is 2. The molecule has 2 rings (SSSR count). The van der Waals surface area contributed by atoms with Crippen molar-refractivity contribution in [1.29, 1.82) is 5.41 Å². The van der Waals surface area contributed by atoms with Gasteiger partial charge < -0.3 is 9.80 Å². The molecule has 0 unspecified atom stereocenters. The fourth-order valence-electron chi connectivity index (χ4n) is 2.12. The summed E-state index contributed by atoms with van der Waals surface area (Å²) in [6, 6.07) is 8.63. The Morgan fingerprint density at radius 2 is 1.88 bits per heavy atom. The number of piperazine rings is 1. The Bertz CT molecular complexity index is 379. The molecule has 1 N–H and O–H groups in total. The molecule has 0 amide bonds. The SMILES string of the molecule is CC(=N)N1CCN(c2cccc(C)c2)CC1. The van der Waals surface area contributed by atoms with Crippen LogP contribution in [0.5, 0.6) is 0 Å². The van der Waals surface area contributed by atoms with Crippen molar-refractivity contribution in [2.75, 3.05) is 31.1 Å². The first-order chi connectivity index (χ1) is 7.66. The van der Waals surface area contributed by atoms with Gasteiger partial charge in [-0.05, 0) is 31.5 Å². The molecule has 1 aliphatic rings. The minimum Gasteiger partial charge on any atom is -0.368 e. The third-order valence-corrected chi connectivity index (χ3v) is 3.12. The zero-order chi connectivity index (χ0) is 11.5. The van der Waals surface area contributed by atoms with Crippen LogP contribution in [0.3, 0.4) is 0 Å². The van der Waals surface area contributed by atoms with Gasteiger partial charge in [-0.3, -0.25) is 5.41 Å². The van der Waals surface area contributed by atoms with Crippen LogP contribution in [0.2, 0.25) is 0 Å². The van der Waals surface area contributed by atoms with Gasteiger partial charge in [0.15, 0.2) is 0 Å². The van der Waals surface area contributed by atoms with Crippen molar-refractivity contribution in [1.82, 2.24) is 4.90 Å². The molecule has 0 saturated carbocycles. The summed E-state index contributed by atoms with van der Waals surface area (Å²) in [5.74, 6) is 0.684. The predicted octanol–water partition coefficient (Wildman–Crippen LogP) is 2.11. The van der Waals surface area contributed by atoms with Crippen LogP contribution in [0.4, 0.5) is 5.69 Å². The molecule has 0 aliphatic carbocycles. The molecule has 1 aromatic carbocycles. The van der Waals surface area contributed by atoms with Crippen LogP contribution >= 0.6 is 0 Å². The van der Waals surface area contributed by atoms with Gasteiger partial charge in [-0.15, -0.1) is 0 Å². The number of aryl methyl sites for hydroxylation is 1. The monoisotopic (exact) mass is 217 g/mol. The van der Waals surface area contributed by atoms with Crippen LogP contribution in [0, 0.1) is 12.3 Å². The Kier molecular flexibility index (Phi) is 3.13. The highest BCUT2D eigenvalue weighted by atomic mass is 15.3. The van der Waals surface area contributed by atoms with Gasteiger partial charge in [-0.1, -0.05) is 12.1 Å². The Labute approximate surface area is 97.2 Å². The molecule has 0 bridgehead atoms. The van der Waals surface area contributed by atoms with Crippen LogP contribution in [0.15, 0.2) is 24.3 Å². The van der Waals surface area contributed by atoms with Gasteiger partial charge in [-0.2, -0.15) is 0 Å².